The van der Waals surface area contributed by atoms with Gasteiger partial charge in [-0.25, -0.2) is 8.42 Å². The first kappa shape index (κ1) is 33.7. The van der Waals surface area contributed by atoms with Gasteiger partial charge in [-0.1, -0.05) is 56.1 Å². The van der Waals surface area contributed by atoms with Crippen molar-refractivity contribution < 1.29 is 31.2 Å². The van der Waals surface area contributed by atoms with Gasteiger partial charge in [-0.15, -0.1) is 0 Å². The highest BCUT2D eigenvalue weighted by atomic mass is 35.5. The van der Waals surface area contributed by atoms with Crippen LogP contribution in [0.1, 0.15) is 51.2 Å². The van der Waals surface area contributed by atoms with Gasteiger partial charge < -0.3 is 10.2 Å². The minimum atomic E-state index is -4.65. The zero-order valence-electron chi connectivity index (χ0n) is 22.8. The van der Waals surface area contributed by atoms with E-state index in [-0.39, 0.29) is 49.9 Å². The average molecular weight is 625 g/mol. The van der Waals surface area contributed by atoms with Crippen molar-refractivity contribution in [3.05, 3.63) is 63.6 Å². The Hall–Kier alpha value is -2.50. The van der Waals surface area contributed by atoms with Crippen LogP contribution in [0.2, 0.25) is 10.0 Å². The summed E-state index contributed by atoms with van der Waals surface area (Å²) in [4.78, 5) is 27.9. The summed E-state index contributed by atoms with van der Waals surface area (Å²) in [6.07, 6.45) is -3.68. The molecule has 0 aliphatic carbocycles. The fraction of sp³-hybridized carbons (Fsp3) is 0.481. The van der Waals surface area contributed by atoms with E-state index in [1.807, 2.05) is 13.8 Å². The summed E-state index contributed by atoms with van der Waals surface area (Å²) in [6, 6.07) is 8.01. The number of sulfonamides is 1. The first-order valence-corrected chi connectivity index (χ1v) is 15.3. The molecule has 2 amide bonds. The highest BCUT2D eigenvalue weighted by molar-refractivity contribution is 7.92. The van der Waals surface area contributed by atoms with Gasteiger partial charge in [0, 0.05) is 41.7 Å². The molecule has 2 rings (SSSR count). The Balaban J connectivity index is 2.31. The quantitative estimate of drug-likeness (QED) is 0.290. The van der Waals surface area contributed by atoms with Crippen molar-refractivity contribution in [2.24, 2.45) is 5.92 Å². The Kier molecular flexibility index (Phi) is 12.1. The molecule has 222 valence electrons. The van der Waals surface area contributed by atoms with Gasteiger partial charge in [0.1, 0.15) is 6.04 Å². The van der Waals surface area contributed by atoms with Crippen LogP contribution in [-0.2, 0) is 32.3 Å². The molecule has 2 aromatic rings. The van der Waals surface area contributed by atoms with E-state index in [0.29, 0.717) is 22.2 Å². The molecule has 13 heteroatoms. The third-order valence-corrected chi connectivity index (χ3v) is 7.98. The van der Waals surface area contributed by atoms with Crippen molar-refractivity contribution >= 4 is 50.7 Å². The van der Waals surface area contributed by atoms with E-state index in [0.717, 1.165) is 28.8 Å². The van der Waals surface area contributed by atoms with Crippen LogP contribution < -0.4 is 9.62 Å². The second-order valence-corrected chi connectivity index (χ2v) is 12.5. The van der Waals surface area contributed by atoms with Gasteiger partial charge in [0.15, 0.2) is 0 Å². The van der Waals surface area contributed by atoms with Crippen molar-refractivity contribution in [3.8, 4) is 0 Å². The van der Waals surface area contributed by atoms with Crippen LogP contribution in [0.3, 0.4) is 0 Å². The summed E-state index contributed by atoms with van der Waals surface area (Å²) in [6.45, 7) is 5.73. The first-order chi connectivity index (χ1) is 18.6. The molecule has 7 nitrogen and oxygen atoms in total. The standard InChI is InChI=1S/C27H34Cl2F3N3O4S/c1-5-24(26(37)33-16-18(2)3)34(17-21-22(28)11-7-12-23(21)29)25(36)13-8-14-35(40(4,38)39)20-10-6-9-19(15-20)27(30,31)32/h6-7,9-12,15,18,24H,5,8,13-14,16-17H2,1-4H3,(H,33,37)/t24-/m1/s1. The SMILES string of the molecule is CC[C@H](C(=O)NCC(C)C)N(Cc1c(Cl)cccc1Cl)C(=O)CCCN(c1cccc(C(F)(F)F)c1)S(C)(=O)=O. The zero-order chi connectivity index (χ0) is 30.3. The summed E-state index contributed by atoms with van der Waals surface area (Å²) >= 11 is 12.7. The van der Waals surface area contributed by atoms with Crippen molar-refractivity contribution in [2.45, 2.75) is 58.8 Å². The summed E-state index contributed by atoms with van der Waals surface area (Å²) in [5.41, 5.74) is -0.698. The number of carbonyl (C=O) groups is 2. The number of nitrogens with zero attached hydrogens (tertiary/aromatic N) is 2. The Morgan fingerprint density at radius 1 is 1.05 bits per heavy atom. The van der Waals surface area contributed by atoms with Gasteiger partial charge in [0.2, 0.25) is 21.8 Å². The Morgan fingerprint density at radius 2 is 1.65 bits per heavy atom. The third-order valence-electron chi connectivity index (χ3n) is 6.07. The van der Waals surface area contributed by atoms with Crippen LogP contribution >= 0.6 is 23.2 Å². The number of halogens is 5. The van der Waals surface area contributed by atoms with Crippen molar-refractivity contribution in [2.75, 3.05) is 23.7 Å². The molecule has 40 heavy (non-hydrogen) atoms. The van der Waals surface area contributed by atoms with Crippen LogP contribution in [0, 0.1) is 5.92 Å². The maximum Gasteiger partial charge on any atom is 0.416 e. The average Bonchev–Trinajstić information content (AvgIpc) is 2.85. The van der Waals surface area contributed by atoms with Gasteiger partial charge in [0.05, 0.1) is 17.5 Å². The summed E-state index contributed by atoms with van der Waals surface area (Å²) in [5.74, 6) is -0.629. The molecule has 0 aromatic heterocycles. The van der Waals surface area contributed by atoms with Gasteiger partial charge in [-0.2, -0.15) is 13.2 Å². The number of carbonyl (C=O) groups excluding carboxylic acids is 2. The summed E-state index contributed by atoms with van der Waals surface area (Å²) < 4.78 is 65.4. The summed E-state index contributed by atoms with van der Waals surface area (Å²) in [5, 5.41) is 3.47. The molecule has 0 spiro atoms. The number of nitrogens with one attached hydrogen (secondary N) is 1. The number of hydrogen-bond donors (Lipinski definition) is 1. The molecular weight excluding hydrogens is 590 g/mol. The monoisotopic (exact) mass is 623 g/mol. The van der Waals surface area contributed by atoms with Crippen LogP contribution in [0.5, 0.6) is 0 Å². The molecule has 0 fully saturated rings. The lowest BCUT2D eigenvalue weighted by atomic mass is 10.1. The fourth-order valence-electron chi connectivity index (χ4n) is 4.04. The molecule has 1 atom stereocenters. The molecule has 0 saturated heterocycles. The van der Waals surface area contributed by atoms with Gasteiger partial charge in [0.25, 0.3) is 0 Å². The fourth-order valence-corrected chi connectivity index (χ4v) is 5.51. The molecule has 0 saturated carbocycles. The number of amides is 2. The lowest BCUT2D eigenvalue weighted by Gasteiger charge is -2.32. The molecular formula is C27H34Cl2F3N3O4S. The topological polar surface area (TPSA) is 86.8 Å². The maximum atomic E-state index is 13.5. The number of rotatable bonds is 13. The van der Waals surface area contributed by atoms with Crippen molar-refractivity contribution in [1.29, 1.82) is 0 Å². The predicted octanol–water partition coefficient (Wildman–Crippen LogP) is 6.14. The first-order valence-electron chi connectivity index (χ1n) is 12.7. The second kappa shape index (κ2) is 14.4. The Labute approximate surface area is 243 Å². The van der Waals surface area contributed by atoms with Crippen molar-refractivity contribution in [3.63, 3.8) is 0 Å². The van der Waals surface area contributed by atoms with Crippen LogP contribution in [-0.4, -0.2) is 50.5 Å². The van der Waals surface area contributed by atoms with E-state index < -0.39 is 33.7 Å². The number of alkyl halides is 3. The van der Waals surface area contributed by atoms with E-state index in [9.17, 15) is 31.2 Å². The molecule has 0 heterocycles. The van der Waals surface area contributed by atoms with E-state index in [4.69, 9.17) is 23.2 Å². The molecule has 0 aliphatic heterocycles. The third kappa shape index (κ3) is 9.55. The second-order valence-electron chi connectivity index (χ2n) is 9.77. The maximum absolute atomic E-state index is 13.5. The molecule has 0 bridgehead atoms. The molecule has 1 N–H and O–H groups in total. The smallest absolute Gasteiger partial charge is 0.354 e. The molecule has 0 aliphatic rings. The number of anilines is 1. The predicted molar refractivity (Wildman–Crippen MR) is 152 cm³/mol. The number of hydrogen-bond acceptors (Lipinski definition) is 4. The van der Waals surface area contributed by atoms with E-state index in [1.54, 1.807) is 25.1 Å². The van der Waals surface area contributed by atoms with Crippen molar-refractivity contribution in [1.82, 2.24) is 10.2 Å². The van der Waals surface area contributed by atoms with E-state index >= 15 is 0 Å². The van der Waals surface area contributed by atoms with E-state index in [1.165, 1.54) is 11.0 Å². The lowest BCUT2D eigenvalue weighted by molar-refractivity contribution is -0.141. The highest BCUT2D eigenvalue weighted by Crippen LogP contribution is 2.32. The minimum absolute atomic E-state index is 0.0149. The minimum Gasteiger partial charge on any atom is -0.354 e. The Morgan fingerprint density at radius 3 is 2.17 bits per heavy atom. The van der Waals surface area contributed by atoms with Gasteiger partial charge in [-0.3, -0.25) is 13.9 Å². The Bertz CT molecular complexity index is 1270. The molecule has 2 aromatic carbocycles. The van der Waals surface area contributed by atoms with Crippen LogP contribution in [0.15, 0.2) is 42.5 Å². The highest BCUT2D eigenvalue weighted by Gasteiger charge is 2.32. The van der Waals surface area contributed by atoms with Crippen LogP contribution in [0.25, 0.3) is 0 Å². The number of benzene rings is 2. The summed E-state index contributed by atoms with van der Waals surface area (Å²) in [7, 11) is -3.97. The van der Waals surface area contributed by atoms with Crippen LogP contribution in [0.4, 0.5) is 18.9 Å². The van der Waals surface area contributed by atoms with Gasteiger partial charge >= 0.3 is 6.18 Å². The lowest BCUT2D eigenvalue weighted by Crippen LogP contribution is -2.49. The molecule has 0 unspecified atom stereocenters. The molecule has 0 radical (unpaired) electrons. The normalized spacial score (nSPS) is 12.8. The van der Waals surface area contributed by atoms with E-state index in [2.05, 4.69) is 5.32 Å². The largest absolute Gasteiger partial charge is 0.416 e. The van der Waals surface area contributed by atoms with Gasteiger partial charge in [-0.05, 0) is 49.1 Å². The zero-order valence-corrected chi connectivity index (χ0v) is 25.1.